The van der Waals surface area contributed by atoms with Crippen LogP contribution >= 0.6 is 0 Å². The van der Waals surface area contributed by atoms with E-state index in [-0.39, 0.29) is 37.3 Å². The average molecular weight is 801 g/mol. The number of nitrogens with one attached hydrogen (secondary N) is 3. The van der Waals surface area contributed by atoms with Gasteiger partial charge in [-0.05, 0) is 80.8 Å². The number of halogens is 1. The second-order valence-electron chi connectivity index (χ2n) is 17.3. The first-order valence-electron chi connectivity index (χ1n) is 19.8. The van der Waals surface area contributed by atoms with Crippen molar-refractivity contribution in [2.24, 2.45) is 23.2 Å². The zero-order valence-corrected chi connectivity index (χ0v) is 33.5. The van der Waals surface area contributed by atoms with E-state index in [2.05, 4.69) is 15.4 Å². The monoisotopic (exact) mass is 800 g/mol. The van der Waals surface area contributed by atoms with Crippen LogP contribution in [0, 0.1) is 23.2 Å². The Hall–Kier alpha value is -4.28. The molecule has 15 nitrogen and oxygen atoms in total. The molecule has 2 bridgehead atoms. The van der Waals surface area contributed by atoms with E-state index in [4.69, 9.17) is 24.2 Å². The summed E-state index contributed by atoms with van der Waals surface area (Å²) < 4.78 is 59.2. The van der Waals surface area contributed by atoms with Gasteiger partial charge in [0.1, 0.15) is 41.3 Å². The summed E-state index contributed by atoms with van der Waals surface area (Å²) in [6, 6.07) is 3.03. The van der Waals surface area contributed by atoms with E-state index in [1.54, 1.807) is 40.9 Å². The van der Waals surface area contributed by atoms with Gasteiger partial charge in [-0.2, -0.15) is 0 Å². The van der Waals surface area contributed by atoms with Gasteiger partial charge < -0.3 is 29.7 Å². The minimum Gasteiger partial charge on any atom is -0.497 e. The molecule has 306 valence electrons. The van der Waals surface area contributed by atoms with E-state index in [0.717, 1.165) is 32.1 Å². The van der Waals surface area contributed by atoms with Gasteiger partial charge in [-0.3, -0.25) is 23.5 Å². The molecule has 4 amide bonds. The molecule has 3 N–H and O–H groups in total. The van der Waals surface area contributed by atoms with Crippen molar-refractivity contribution in [3.05, 3.63) is 23.9 Å². The maximum absolute atomic E-state index is 14.8. The van der Waals surface area contributed by atoms with Crippen LogP contribution in [0.4, 0.5) is 9.18 Å². The number of benzene rings is 1. The molecule has 0 spiro atoms. The third-order valence-electron chi connectivity index (χ3n) is 12.0. The van der Waals surface area contributed by atoms with Crippen molar-refractivity contribution in [1.82, 2.24) is 30.2 Å². The van der Waals surface area contributed by atoms with Gasteiger partial charge in [0.2, 0.25) is 27.7 Å². The molecule has 3 saturated carbocycles. The summed E-state index contributed by atoms with van der Waals surface area (Å²) in [6.45, 7) is 6.26. The number of ether oxygens (including phenoxy) is 3. The maximum Gasteiger partial charge on any atom is 0.408 e. The van der Waals surface area contributed by atoms with Crippen molar-refractivity contribution in [2.45, 2.75) is 127 Å². The highest BCUT2D eigenvalue weighted by Gasteiger charge is 2.63. The number of fused-ring (bicyclic) bond motifs is 5. The molecule has 1 saturated heterocycles. The maximum atomic E-state index is 14.8. The van der Waals surface area contributed by atoms with Gasteiger partial charge in [-0.25, -0.2) is 23.2 Å². The van der Waals surface area contributed by atoms with E-state index < -0.39 is 86.7 Å². The van der Waals surface area contributed by atoms with Crippen LogP contribution in [0.25, 0.3) is 11.0 Å². The number of carbonyl (C=O) groups excluding carboxylic acids is 4. The van der Waals surface area contributed by atoms with Crippen molar-refractivity contribution in [2.75, 3.05) is 20.3 Å². The molecular formula is C39H53FN6O9S. The Kier molecular flexibility index (Phi) is 10.9. The predicted octanol–water partition coefficient (Wildman–Crippen LogP) is 3.72. The smallest absolute Gasteiger partial charge is 0.408 e. The zero-order valence-electron chi connectivity index (χ0n) is 32.6. The van der Waals surface area contributed by atoms with Crippen LogP contribution in [0.2, 0.25) is 0 Å². The summed E-state index contributed by atoms with van der Waals surface area (Å²) in [4.78, 5) is 67.4. The van der Waals surface area contributed by atoms with E-state index >= 15 is 0 Å². The molecule has 17 heteroatoms. The molecule has 7 rings (SSSR count). The molecule has 1 unspecified atom stereocenters. The number of methoxy groups -OCH3 is 1. The number of carbonyl (C=O) groups is 4. The second kappa shape index (κ2) is 15.2. The van der Waals surface area contributed by atoms with E-state index in [1.165, 1.54) is 4.90 Å². The number of nitrogens with zero attached hydrogens (tertiary/aromatic N) is 3. The lowest BCUT2D eigenvalue weighted by Gasteiger charge is -2.36. The number of alkyl carbamates (subject to hydrolysis) is 1. The van der Waals surface area contributed by atoms with Crippen LogP contribution in [0.15, 0.2) is 18.2 Å². The van der Waals surface area contributed by atoms with Gasteiger partial charge in [-0.15, -0.1) is 0 Å². The third-order valence-corrected chi connectivity index (χ3v) is 13.8. The summed E-state index contributed by atoms with van der Waals surface area (Å²) >= 11 is 0. The lowest BCUT2D eigenvalue weighted by Crippen LogP contribution is -2.61. The van der Waals surface area contributed by atoms with Crippen molar-refractivity contribution in [3.63, 3.8) is 0 Å². The number of sulfonamides is 1. The Labute approximate surface area is 326 Å². The standard InChI is InChI=1S/C39H53FN6O9S/c1-21-30-20-46(31(21)33(47)44-39(19-23(39)15-16-40)36(49)45-56(51,52)25-12-13-25)35(48)32(38(2,3)4)43-37(50)55-29-17-22(29)9-7-6-8-10-27-34(54-30)42-28-18-24(53-5)11-14-26(28)41-27/h11,14,18,21-23,25,29-32H,6-10,12-13,15-17,19-20H2,1-5H3,(H,43,50)(H,44,47)(H,45,49)/t21-,22?,23-,29-,30+,31+,32-,39-/m1/s1. The quantitative estimate of drug-likeness (QED) is 0.352. The van der Waals surface area contributed by atoms with Crippen LogP contribution < -0.4 is 24.8 Å². The van der Waals surface area contributed by atoms with E-state index in [1.807, 2.05) is 12.1 Å². The summed E-state index contributed by atoms with van der Waals surface area (Å²) in [5, 5.41) is 4.87. The highest BCUT2D eigenvalue weighted by Crippen LogP contribution is 2.47. The van der Waals surface area contributed by atoms with Crippen LogP contribution in [0.5, 0.6) is 11.6 Å². The Balaban J connectivity index is 1.24. The van der Waals surface area contributed by atoms with Crippen LogP contribution in [0.1, 0.15) is 91.2 Å². The number of rotatable bonds is 8. The van der Waals surface area contributed by atoms with Gasteiger partial charge in [0.15, 0.2) is 0 Å². The van der Waals surface area contributed by atoms with Gasteiger partial charge in [0.05, 0.1) is 36.6 Å². The lowest BCUT2D eigenvalue weighted by molar-refractivity contribution is -0.143. The minimum atomic E-state index is -3.98. The Morgan fingerprint density at radius 1 is 1.07 bits per heavy atom. The fourth-order valence-corrected chi connectivity index (χ4v) is 9.58. The number of aryl methyl sites for hydroxylation is 1. The number of aromatic nitrogens is 2. The predicted molar refractivity (Wildman–Crippen MR) is 202 cm³/mol. The first-order valence-corrected chi connectivity index (χ1v) is 21.3. The summed E-state index contributed by atoms with van der Waals surface area (Å²) in [6.07, 6.45) is 3.88. The average Bonchev–Trinajstić information content (AvgIpc) is 4.06. The molecule has 8 atom stereocenters. The summed E-state index contributed by atoms with van der Waals surface area (Å²) in [5.74, 6) is -2.49. The largest absolute Gasteiger partial charge is 0.497 e. The summed E-state index contributed by atoms with van der Waals surface area (Å²) in [5.41, 5.74) is -0.693. The molecule has 1 aromatic heterocycles. The second-order valence-corrected chi connectivity index (χ2v) is 19.2. The molecule has 1 aromatic carbocycles. The van der Waals surface area contributed by atoms with Gasteiger partial charge in [-0.1, -0.05) is 40.5 Å². The lowest BCUT2D eigenvalue weighted by atomic mass is 9.85. The first kappa shape index (κ1) is 39.9. The number of hydrogen-bond acceptors (Lipinski definition) is 11. The molecule has 3 heterocycles. The van der Waals surface area contributed by atoms with Crippen molar-refractivity contribution >= 4 is 44.9 Å². The molecule has 56 heavy (non-hydrogen) atoms. The number of alkyl halides is 1. The van der Waals surface area contributed by atoms with Gasteiger partial charge >= 0.3 is 6.09 Å². The highest BCUT2D eigenvalue weighted by molar-refractivity contribution is 7.91. The number of hydrogen-bond donors (Lipinski definition) is 3. The Morgan fingerprint density at radius 2 is 1.84 bits per heavy atom. The fraction of sp³-hybridized carbons (Fsp3) is 0.692. The van der Waals surface area contributed by atoms with Crippen LogP contribution in [-0.4, -0.2) is 103 Å². The van der Waals surface area contributed by atoms with Crippen LogP contribution in [-0.2, 0) is 35.6 Å². The zero-order chi connectivity index (χ0) is 40.2. The molecule has 2 aliphatic heterocycles. The van der Waals surface area contributed by atoms with Gasteiger partial charge in [0, 0.05) is 12.0 Å². The summed E-state index contributed by atoms with van der Waals surface area (Å²) in [7, 11) is -2.42. The van der Waals surface area contributed by atoms with Crippen LogP contribution in [0.3, 0.4) is 0 Å². The highest BCUT2D eigenvalue weighted by atomic mass is 32.2. The first-order chi connectivity index (χ1) is 26.5. The Morgan fingerprint density at radius 3 is 2.54 bits per heavy atom. The van der Waals surface area contributed by atoms with Crippen molar-refractivity contribution < 1.29 is 46.2 Å². The molecule has 3 aliphatic carbocycles. The van der Waals surface area contributed by atoms with Crippen molar-refractivity contribution in [3.8, 4) is 11.6 Å². The SMILES string of the molecule is COc1ccc2nc3c(nc2c1)O[C@H]1CN(C(=O)[C@H](C(C)(C)C)NC(=O)O[C@@H]2CC2CCCCC3)[C@H](C(=O)N[C@]2(C(=O)NS(=O)(=O)C3CC3)C[C@H]2CCF)[C@@H]1C. The molecule has 0 radical (unpaired) electrons. The number of amides is 4. The van der Waals surface area contributed by atoms with E-state index in [0.29, 0.717) is 41.7 Å². The van der Waals surface area contributed by atoms with Crippen molar-refractivity contribution in [1.29, 1.82) is 0 Å². The molecule has 4 fully saturated rings. The molecule has 5 aliphatic rings. The molecular weight excluding hydrogens is 748 g/mol. The topological polar surface area (TPSA) is 195 Å². The minimum absolute atomic E-state index is 0.0311. The third kappa shape index (κ3) is 8.23. The van der Waals surface area contributed by atoms with E-state index in [9.17, 15) is 32.0 Å². The fourth-order valence-electron chi connectivity index (χ4n) is 8.22. The molecule has 2 aromatic rings. The Bertz CT molecular complexity index is 1990. The normalized spacial score (nSPS) is 31.0. The van der Waals surface area contributed by atoms with Gasteiger partial charge in [0.25, 0.3) is 5.91 Å².